The molecule has 2 rings (SSSR count). The molecule has 1 atom stereocenters. The van der Waals surface area contributed by atoms with Crippen LogP contribution in [0.3, 0.4) is 0 Å². The number of hydrogen-bond donors (Lipinski definition) is 2. The molecular formula is C13H18ClN3. The summed E-state index contributed by atoms with van der Waals surface area (Å²) in [6, 6.07) is 9.87. The van der Waals surface area contributed by atoms with Gasteiger partial charge in [0, 0.05) is 6.04 Å². The molecule has 3 nitrogen and oxygen atoms in total. The Morgan fingerprint density at radius 3 is 2.35 bits per heavy atom. The first-order chi connectivity index (χ1) is 7.81. The Bertz CT molecular complexity index is 377. The van der Waals surface area contributed by atoms with Gasteiger partial charge in [0.2, 0.25) is 0 Å². The molecule has 0 aromatic heterocycles. The smallest absolute Gasteiger partial charge is 0.0991 e. The first kappa shape index (κ1) is 14.0. The van der Waals surface area contributed by atoms with E-state index in [2.05, 4.69) is 11.4 Å². The molecule has 0 bridgehead atoms. The molecule has 1 aromatic carbocycles. The van der Waals surface area contributed by atoms with E-state index < -0.39 is 0 Å². The molecule has 0 saturated carbocycles. The molecule has 1 aromatic rings. The Hall–Kier alpha value is -1.08. The van der Waals surface area contributed by atoms with Gasteiger partial charge < -0.3 is 11.1 Å². The van der Waals surface area contributed by atoms with Crippen molar-refractivity contribution in [2.24, 2.45) is 11.7 Å². The Morgan fingerprint density at radius 2 is 1.82 bits per heavy atom. The average Bonchev–Trinajstić information content (AvgIpc) is 2.39. The molecule has 1 aliphatic heterocycles. The van der Waals surface area contributed by atoms with Crippen molar-refractivity contribution in [1.82, 2.24) is 5.32 Å². The third-order valence-corrected chi connectivity index (χ3v) is 3.32. The summed E-state index contributed by atoms with van der Waals surface area (Å²) >= 11 is 0. The lowest BCUT2D eigenvalue weighted by atomic mass is 9.86. The van der Waals surface area contributed by atoms with Crippen molar-refractivity contribution in [1.29, 1.82) is 5.26 Å². The van der Waals surface area contributed by atoms with E-state index in [1.54, 1.807) is 0 Å². The first-order valence-electron chi connectivity index (χ1n) is 5.77. The van der Waals surface area contributed by atoms with Crippen LogP contribution in [0.1, 0.15) is 30.0 Å². The molecule has 0 amide bonds. The number of halogens is 1. The number of piperidine rings is 1. The van der Waals surface area contributed by atoms with Gasteiger partial charge in [-0.2, -0.15) is 5.26 Å². The number of rotatable bonds is 2. The molecule has 17 heavy (non-hydrogen) atoms. The van der Waals surface area contributed by atoms with Crippen molar-refractivity contribution in [2.75, 3.05) is 13.1 Å². The van der Waals surface area contributed by atoms with Crippen LogP contribution in [0.2, 0.25) is 0 Å². The predicted molar refractivity (Wildman–Crippen MR) is 70.9 cm³/mol. The third kappa shape index (κ3) is 3.44. The summed E-state index contributed by atoms with van der Waals surface area (Å²) in [5, 5.41) is 12.1. The first-order valence-corrected chi connectivity index (χ1v) is 5.77. The van der Waals surface area contributed by atoms with Crippen LogP contribution >= 0.6 is 12.4 Å². The van der Waals surface area contributed by atoms with E-state index in [4.69, 9.17) is 11.0 Å². The highest BCUT2D eigenvalue weighted by atomic mass is 35.5. The van der Waals surface area contributed by atoms with Crippen molar-refractivity contribution in [3.8, 4) is 6.07 Å². The van der Waals surface area contributed by atoms with E-state index in [9.17, 15) is 0 Å². The molecule has 0 aliphatic carbocycles. The van der Waals surface area contributed by atoms with Gasteiger partial charge >= 0.3 is 0 Å². The summed E-state index contributed by atoms with van der Waals surface area (Å²) in [6.07, 6.45) is 2.28. The molecule has 1 saturated heterocycles. The minimum Gasteiger partial charge on any atom is -0.324 e. The maximum absolute atomic E-state index is 8.73. The fourth-order valence-corrected chi connectivity index (χ4v) is 2.26. The number of nitrogens with two attached hydrogens (primary N) is 1. The van der Waals surface area contributed by atoms with Crippen LogP contribution in [-0.4, -0.2) is 13.1 Å². The molecule has 1 aliphatic rings. The minimum atomic E-state index is 0. The van der Waals surface area contributed by atoms with E-state index in [1.807, 2.05) is 24.3 Å². The van der Waals surface area contributed by atoms with Gasteiger partial charge in [-0.25, -0.2) is 0 Å². The van der Waals surface area contributed by atoms with Gasteiger partial charge in [-0.1, -0.05) is 12.1 Å². The summed E-state index contributed by atoms with van der Waals surface area (Å²) in [6.45, 7) is 2.13. The second-order valence-electron chi connectivity index (χ2n) is 4.35. The normalized spacial score (nSPS) is 17.9. The van der Waals surface area contributed by atoms with Gasteiger partial charge in [-0.05, 0) is 49.5 Å². The lowest BCUT2D eigenvalue weighted by Gasteiger charge is -2.28. The number of nitriles is 1. The monoisotopic (exact) mass is 251 g/mol. The largest absolute Gasteiger partial charge is 0.324 e. The number of nitrogens with one attached hydrogen (secondary N) is 1. The van der Waals surface area contributed by atoms with Gasteiger partial charge in [0.1, 0.15) is 0 Å². The second kappa shape index (κ2) is 6.61. The summed E-state index contributed by atoms with van der Waals surface area (Å²) < 4.78 is 0. The zero-order valence-corrected chi connectivity index (χ0v) is 10.5. The van der Waals surface area contributed by atoms with Crippen molar-refractivity contribution in [3.05, 3.63) is 35.4 Å². The van der Waals surface area contributed by atoms with Crippen LogP contribution in [0.4, 0.5) is 0 Å². The van der Waals surface area contributed by atoms with Crippen LogP contribution in [0.5, 0.6) is 0 Å². The van der Waals surface area contributed by atoms with Crippen molar-refractivity contribution in [2.45, 2.75) is 18.9 Å². The Balaban J connectivity index is 0.00000144. The molecule has 92 valence electrons. The van der Waals surface area contributed by atoms with Crippen molar-refractivity contribution in [3.63, 3.8) is 0 Å². The van der Waals surface area contributed by atoms with Crippen LogP contribution in [0.25, 0.3) is 0 Å². The number of hydrogen-bond acceptors (Lipinski definition) is 3. The Kier molecular flexibility index (Phi) is 5.43. The molecule has 0 spiro atoms. The highest BCUT2D eigenvalue weighted by molar-refractivity contribution is 5.85. The van der Waals surface area contributed by atoms with Crippen molar-refractivity contribution < 1.29 is 0 Å². The van der Waals surface area contributed by atoms with Crippen molar-refractivity contribution >= 4 is 12.4 Å². The number of nitrogens with zero attached hydrogens (tertiary/aromatic N) is 1. The van der Waals surface area contributed by atoms with E-state index in [-0.39, 0.29) is 18.4 Å². The minimum absolute atomic E-state index is 0. The Morgan fingerprint density at radius 1 is 1.24 bits per heavy atom. The fourth-order valence-electron chi connectivity index (χ4n) is 2.26. The summed E-state index contributed by atoms with van der Waals surface area (Å²) in [5.74, 6) is 0.564. The molecule has 3 N–H and O–H groups in total. The molecule has 0 radical (unpaired) electrons. The van der Waals surface area contributed by atoms with E-state index >= 15 is 0 Å². The lowest BCUT2D eigenvalue weighted by molar-refractivity contribution is 0.322. The van der Waals surface area contributed by atoms with E-state index in [1.165, 1.54) is 0 Å². The fraction of sp³-hybridized carbons (Fsp3) is 0.462. The Labute approximate surface area is 108 Å². The number of benzene rings is 1. The second-order valence-corrected chi connectivity index (χ2v) is 4.35. The van der Waals surface area contributed by atoms with Crippen LogP contribution in [0.15, 0.2) is 24.3 Å². The zero-order chi connectivity index (χ0) is 11.4. The van der Waals surface area contributed by atoms with Crippen LogP contribution in [0, 0.1) is 17.2 Å². The van der Waals surface area contributed by atoms with Gasteiger partial charge in [0.05, 0.1) is 11.6 Å². The highest BCUT2D eigenvalue weighted by Crippen LogP contribution is 2.26. The van der Waals surface area contributed by atoms with Gasteiger partial charge in [-0.3, -0.25) is 0 Å². The zero-order valence-electron chi connectivity index (χ0n) is 9.73. The van der Waals surface area contributed by atoms with E-state index in [0.717, 1.165) is 31.5 Å². The molecule has 1 fully saturated rings. The topological polar surface area (TPSA) is 61.8 Å². The van der Waals surface area contributed by atoms with E-state index in [0.29, 0.717) is 11.5 Å². The van der Waals surface area contributed by atoms with Gasteiger partial charge in [-0.15, -0.1) is 12.4 Å². The predicted octanol–water partition coefficient (Wildman–Crippen LogP) is 1.98. The third-order valence-electron chi connectivity index (χ3n) is 3.32. The summed E-state index contributed by atoms with van der Waals surface area (Å²) in [7, 11) is 0. The summed E-state index contributed by atoms with van der Waals surface area (Å²) in [5.41, 5.74) is 8.09. The standard InChI is InChI=1S/C13H17N3.ClH/c14-9-10-1-3-11(4-2-10)13(15)12-5-7-16-8-6-12;/h1-4,12-13,16H,5-8,15H2;1H/t13-;/m0./s1. The average molecular weight is 252 g/mol. The SMILES string of the molecule is Cl.N#Cc1ccc([C@H](N)C2CCNCC2)cc1. The van der Waals surface area contributed by atoms with Gasteiger partial charge in [0.15, 0.2) is 0 Å². The maximum atomic E-state index is 8.73. The lowest BCUT2D eigenvalue weighted by Crippen LogP contribution is -2.33. The maximum Gasteiger partial charge on any atom is 0.0991 e. The highest BCUT2D eigenvalue weighted by Gasteiger charge is 2.21. The van der Waals surface area contributed by atoms with Crippen LogP contribution < -0.4 is 11.1 Å². The molecule has 4 heteroatoms. The van der Waals surface area contributed by atoms with Gasteiger partial charge in [0.25, 0.3) is 0 Å². The molecule has 1 heterocycles. The quantitative estimate of drug-likeness (QED) is 0.845. The van der Waals surface area contributed by atoms with Crippen LogP contribution in [-0.2, 0) is 0 Å². The molecular weight excluding hydrogens is 234 g/mol. The summed E-state index contributed by atoms with van der Waals surface area (Å²) in [4.78, 5) is 0. The molecule has 0 unspecified atom stereocenters.